The van der Waals surface area contributed by atoms with Crippen molar-refractivity contribution in [2.24, 2.45) is 0 Å². The molecule has 4 nitrogen and oxygen atoms in total. The summed E-state index contributed by atoms with van der Waals surface area (Å²) in [6, 6.07) is 0. The third-order valence-electron chi connectivity index (χ3n) is 3.04. The lowest BCUT2D eigenvalue weighted by Crippen LogP contribution is -2.18. The highest BCUT2D eigenvalue weighted by molar-refractivity contribution is 7.94. The van der Waals surface area contributed by atoms with Crippen LogP contribution in [0.2, 0.25) is 0 Å². The Balaban J connectivity index is 2.06. The molecule has 1 N–H and O–H groups in total. The minimum Gasteiger partial charge on any atom is -0.478 e. The number of ether oxygens (including phenoxy) is 1. The quantitative estimate of drug-likeness (QED) is 0.769. The average Bonchev–Trinajstić information content (AvgIpc) is 2.58. The van der Waals surface area contributed by atoms with Crippen molar-refractivity contribution in [3.05, 3.63) is 22.4 Å². The molecule has 2 aliphatic rings. The summed E-state index contributed by atoms with van der Waals surface area (Å²) in [5, 5.41) is 0. The minimum atomic E-state index is -3.33. The molecule has 17 heavy (non-hydrogen) atoms. The van der Waals surface area contributed by atoms with Crippen molar-refractivity contribution < 1.29 is 13.2 Å². The van der Waals surface area contributed by atoms with Crippen LogP contribution in [0.15, 0.2) is 22.4 Å². The lowest BCUT2D eigenvalue weighted by Gasteiger charge is -2.10. The molecule has 0 fully saturated rings. The third-order valence-corrected chi connectivity index (χ3v) is 4.49. The summed E-state index contributed by atoms with van der Waals surface area (Å²) >= 11 is 0. The molecule has 0 atom stereocenters. The molecule has 5 heteroatoms. The molecule has 0 aromatic heterocycles. The van der Waals surface area contributed by atoms with E-state index in [9.17, 15) is 8.42 Å². The monoisotopic (exact) mass is 257 g/mol. The second kappa shape index (κ2) is 5.12. The standard InChI is InChI=1S/C12H19NO3S/c1-2-3-6-9-16-12-10-7-4-5-8-11(10)17(14,15)13-12/h8,13H,2-7,9H2,1H3. The largest absolute Gasteiger partial charge is 0.478 e. The molecule has 0 saturated heterocycles. The molecule has 0 unspecified atom stereocenters. The highest BCUT2D eigenvalue weighted by Crippen LogP contribution is 2.35. The second-order valence-electron chi connectivity index (χ2n) is 4.43. The van der Waals surface area contributed by atoms with E-state index < -0.39 is 10.0 Å². The van der Waals surface area contributed by atoms with Gasteiger partial charge in [0.05, 0.1) is 11.5 Å². The van der Waals surface area contributed by atoms with Gasteiger partial charge in [0, 0.05) is 5.57 Å². The van der Waals surface area contributed by atoms with Gasteiger partial charge in [-0.3, -0.25) is 0 Å². The molecule has 96 valence electrons. The van der Waals surface area contributed by atoms with Crippen molar-refractivity contribution in [3.8, 4) is 0 Å². The molecule has 0 amide bonds. The van der Waals surface area contributed by atoms with Crippen molar-refractivity contribution in [2.45, 2.75) is 45.4 Å². The van der Waals surface area contributed by atoms with E-state index in [0.29, 0.717) is 17.4 Å². The summed E-state index contributed by atoms with van der Waals surface area (Å²) in [5.41, 5.74) is 0.841. The summed E-state index contributed by atoms with van der Waals surface area (Å²) in [6.45, 7) is 2.71. The van der Waals surface area contributed by atoms with Gasteiger partial charge in [-0.1, -0.05) is 25.8 Å². The van der Waals surface area contributed by atoms with Crippen LogP contribution in [0.1, 0.15) is 45.4 Å². The highest BCUT2D eigenvalue weighted by atomic mass is 32.2. The first-order valence-electron chi connectivity index (χ1n) is 6.24. The smallest absolute Gasteiger partial charge is 0.264 e. The van der Waals surface area contributed by atoms with Gasteiger partial charge in [-0.25, -0.2) is 13.1 Å². The summed E-state index contributed by atoms with van der Waals surface area (Å²) < 4.78 is 31.7. The Morgan fingerprint density at radius 2 is 2.24 bits per heavy atom. The Labute approximate surface area is 103 Å². The normalized spacial score (nSPS) is 21.8. The van der Waals surface area contributed by atoms with Crippen LogP contribution < -0.4 is 4.72 Å². The zero-order valence-electron chi connectivity index (χ0n) is 10.2. The Kier molecular flexibility index (Phi) is 3.76. The maximum atomic E-state index is 11.8. The second-order valence-corrected chi connectivity index (χ2v) is 6.08. The fourth-order valence-corrected chi connectivity index (χ4v) is 3.53. The maximum absolute atomic E-state index is 11.8. The number of sulfonamides is 1. The summed E-state index contributed by atoms with van der Waals surface area (Å²) in [4.78, 5) is 0.439. The van der Waals surface area contributed by atoms with Crippen LogP contribution in [-0.2, 0) is 14.8 Å². The van der Waals surface area contributed by atoms with Gasteiger partial charge in [-0.15, -0.1) is 0 Å². The van der Waals surface area contributed by atoms with E-state index in [0.717, 1.165) is 44.1 Å². The fraction of sp³-hybridized carbons (Fsp3) is 0.667. The van der Waals surface area contributed by atoms with Crippen molar-refractivity contribution in [1.82, 2.24) is 4.72 Å². The highest BCUT2D eigenvalue weighted by Gasteiger charge is 2.34. The molecule has 0 aromatic carbocycles. The Hall–Kier alpha value is -0.970. The number of fused-ring (bicyclic) bond motifs is 1. The first-order chi connectivity index (χ1) is 8.15. The molecule has 1 heterocycles. The number of hydrogen-bond acceptors (Lipinski definition) is 3. The SMILES string of the molecule is CCCCCOC1=C2CCCC=C2S(=O)(=O)N1. The molecule has 0 radical (unpaired) electrons. The van der Waals surface area contributed by atoms with Crippen molar-refractivity contribution in [2.75, 3.05) is 6.61 Å². The molecule has 0 saturated carbocycles. The topological polar surface area (TPSA) is 55.4 Å². The maximum Gasteiger partial charge on any atom is 0.264 e. The van der Waals surface area contributed by atoms with E-state index >= 15 is 0 Å². The van der Waals surface area contributed by atoms with E-state index in [-0.39, 0.29) is 0 Å². The van der Waals surface area contributed by atoms with Crippen molar-refractivity contribution >= 4 is 10.0 Å². The van der Waals surface area contributed by atoms with E-state index in [1.807, 2.05) is 0 Å². The van der Waals surface area contributed by atoms with Crippen molar-refractivity contribution in [3.63, 3.8) is 0 Å². The number of unbranched alkanes of at least 4 members (excludes halogenated alkanes) is 2. The van der Waals surface area contributed by atoms with Gasteiger partial charge in [-0.05, 0) is 25.7 Å². The number of rotatable bonds is 5. The number of nitrogens with one attached hydrogen (secondary N) is 1. The van der Waals surface area contributed by atoms with E-state index in [1.54, 1.807) is 6.08 Å². The molecule has 1 aliphatic heterocycles. The summed E-state index contributed by atoms with van der Waals surface area (Å²) in [7, 11) is -3.33. The van der Waals surface area contributed by atoms with Gasteiger partial charge in [0.1, 0.15) is 0 Å². The zero-order valence-corrected chi connectivity index (χ0v) is 11.0. The Bertz CT molecular complexity index is 448. The minimum absolute atomic E-state index is 0.439. The average molecular weight is 257 g/mol. The molecule has 0 bridgehead atoms. The van der Waals surface area contributed by atoms with Crippen LogP contribution in [0.5, 0.6) is 0 Å². The van der Waals surface area contributed by atoms with Gasteiger partial charge in [0.15, 0.2) is 0 Å². The molecule has 0 aromatic rings. The lowest BCUT2D eigenvalue weighted by atomic mass is 10.0. The van der Waals surface area contributed by atoms with Gasteiger partial charge in [0.25, 0.3) is 10.0 Å². The first kappa shape index (κ1) is 12.5. The molecule has 2 rings (SSSR count). The molecular formula is C12H19NO3S. The Morgan fingerprint density at radius 1 is 1.41 bits per heavy atom. The van der Waals surface area contributed by atoms with E-state index in [1.165, 1.54) is 0 Å². The van der Waals surface area contributed by atoms with Crippen LogP contribution in [-0.4, -0.2) is 15.0 Å². The van der Waals surface area contributed by atoms with Crippen molar-refractivity contribution in [1.29, 1.82) is 0 Å². The molecule has 0 spiro atoms. The third kappa shape index (κ3) is 2.65. The molecular weight excluding hydrogens is 238 g/mol. The summed E-state index contributed by atoms with van der Waals surface area (Å²) in [6.07, 6.45) is 7.63. The van der Waals surface area contributed by atoms with E-state index in [4.69, 9.17) is 4.74 Å². The van der Waals surface area contributed by atoms with Gasteiger partial charge >= 0.3 is 0 Å². The summed E-state index contributed by atoms with van der Waals surface area (Å²) in [5.74, 6) is 0.465. The number of allylic oxidation sites excluding steroid dienone is 2. The van der Waals surface area contributed by atoms with Crippen LogP contribution >= 0.6 is 0 Å². The first-order valence-corrected chi connectivity index (χ1v) is 7.73. The van der Waals surface area contributed by atoms with E-state index in [2.05, 4.69) is 11.6 Å². The predicted octanol–water partition coefficient (Wildman–Crippen LogP) is 2.41. The van der Waals surface area contributed by atoms with Gasteiger partial charge < -0.3 is 4.74 Å². The van der Waals surface area contributed by atoms with Gasteiger partial charge in [-0.2, -0.15) is 0 Å². The Morgan fingerprint density at radius 3 is 3.00 bits per heavy atom. The van der Waals surface area contributed by atoms with Gasteiger partial charge in [0.2, 0.25) is 5.88 Å². The van der Waals surface area contributed by atoms with Crippen LogP contribution in [0.25, 0.3) is 0 Å². The van der Waals surface area contributed by atoms with Crippen LogP contribution in [0.4, 0.5) is 0 Å². The lowest BCUT2D eigenvalue weighted by molar-refractivity contribution is 0.194. The number of hydrogen-bond donors (Lipinski definition) is 1. The molecule has 1 aliphatic carbocycles. The zero-order chi connectivity index (χ0) is 12.3. The fourth-order valence-electron chi connectivity index (χ4n) is 2.14. The van der Waals surface area contributed by atoms with Crippen LogP contribution in [0.3, 0.4) is 0 Å². The predicted molar refractivity (Wildman–Crippen MR) is 66.5 cm³/mol. The van der Waals surface area contributed by atoms with Crippen LogP contribution in [0, 0.1) is 0 Å².